The molecular weight excluding hydrogens is 793 g/mol. The highest BCUT2D eigenvalue weighted by Gasteiger charge is 2.74. The van der Waals surface area contributed by atoms with Crippen molar-refractivity contribution in [3.05, 3.63) is 161 Å². The van der Waals surface area contributed by atoms with Gasteiger partial charge in [0.1, 0.15) is 29.9 Å². The van der Waals surface area contributed by atoms with E-state index in [0.29, 0.717) is 60.3 Å². The molecule has 4 aliphatic heterocycles. The van der Waals surface area contributed by atoms with E-state index in [4.69, 9.17) is 9.47 Å². The fourth-order valence-electron chi connectivity index (χ4n) is 10.5. The van der Waals surface area contributed by atoms with E-state index in [2.05, 4.69) is 38.1 Å². The second-order valence-corrected chi connectivity index (χ2v) is 16.7. The molecule has 3 saturated heterocycles. The van der Waals surface area contributed by atoms with E-state index < -0.39 is 47.4 Å². The van der Waals surface area contributed by atoms with Gasteiger partial charge in [0.2, 0.25) is 17.8 Å². The number of carbonyl (C=O) groups excluding carboxylic acids is 3. The normalized spacial score (nSPS) is 25.3. The van der Waals surface area contributed by atoms with Crippen LogP contribution in [0.5, 0.6) is 5.75 Å². The van der Waals surface area contributed by atoms with Gasteiger partial charge >= 0.3 is 5.97 Å². The van der Waals surface area contributed by atoms with Gasteiger partial charge < -0.3 is 29.7 Å². The molecule has 5 aromatic rings. The number of amides is 2. The summed E-state index contributed by atoms with van der Waals surface area (Å²) in [7, 11) is 0. The molecule has 2 N–H and O–H groups in total. The molecule has 12 nitrogen and oxygen atoms in total. The molecule has 63 heavy (non-hydrogen) atoms. The zero-order valence-corrected chi connectivity index (χ0v) is 34.8. The SMILES string of the molecule is O=C1O[C@H](c2ccccc2)[C@H](c2ccccc2)N2[C@H]1[C@@H](C(=O)N1CCN(c3ncccn3)CC1)[C@]1(C(=O)Nc3ccc(C#CC4=CCCCC4)cc31)[C@H]2c1ccccc1OCCO. The minimum absolute atomic E-state index is 0.00685. The van der Waals surface area contributed by atoms with E-state index in [9.17, 15) is 5.11 Å². The first kappa shape index (κ1) is 40.3. The highest BCUT2D eigenvalue weighted by molar-refractivity contribution is 6.12. The van der Waals surface area contributed by atoms with E-state index in [1.807, 2.05) is 108 Å². The molecule has 318 valence electrons. The van der Waals surface area contributed by atoms with E-state index in [0.717, 1.165) is 42.4 Å². The minimum atomic E-state index is -1.70. The van der Waals surface area contributed by atoms with E-state index >= 15 is 14.4 Å². The van der Waals surface area contributed by atoms with Crippen molar-refractivity contribution in [2.24, 2.45) is 5.92 Å². The zero-order chi connectivity index (χ0) is 42.9. The van der Waals surface area contributed by atoms with E-state index in [1.54, 1.807) is 23.4 Å². The number of nitrogens with one attached hydrogen (secondary N) is 1. The Morgan fingerprint density at radius 3 is 2.30 bits per heavy atom. The number of allylic oxidation sites excluding steroid dienone is 2. The average molecular weight is 841 g/mol. The maximum atomic E-state index is 16.0. The number of para-hydroxylation sites is 1. The maximum Gasteiger partial charge on any atom is 0.324 e. The molecule has 5 aliphatic rings. The summed E-state index contributed by atoms with van der Waals surface area (Å²) in [5, 5.41) is 13.2. The number of cyclic esters (lactones) is 1. The van der Waals surface area contributed by atoms with Crippen molar-refractivity contribution in [3.63, 3.8) is 0 Å². The number of ether oxygens (including phenoxy) is 2. The third-order valence-corrected chi connectivity index (χ3v) is 13.2. The molecule has 1 aliphatic carbocycles. The number of benzene rings is 4. The molecule has 0 bridgehead atoms. The molecule has 1 aromatic heterocycles. The second kappa shape index (κ2) is 17.2. The van der Waals surface area contributed by atoms with Gasteiger partial charge in [-0.05, 0) is 78.3 Å². The molecule has 0 unspecified atom stereocenters. The van der Waals surface area contributed by atoms with Gasteiger partial charge in [-0.1, -0.05) is 96.8 Å². The summed E-state index contributed by atoms with van der Waals surface area (Å²) in [6, 6.07) is 31.6. The van der Waals surface area contributed by atoms with Crippen LogP contribution in [0.15, 0.2) is 133 Å². The van der Waals surface area contributed by atoms with Crippen molar-refractivity contribution in [2.45, 2.75) is 55.3 Å². The van der Waals surface area contributed by atoms with Gasteiger partial charge in [-0.25, -0.2) is 9.97 Å². The van der Waals surface area contributed by atoms with Gasteiger partial charge in [-0.2, -0.15) is 0 Å². The first-order valence-electron chi connectivity index (χ1n) is 21.9. The van der Waals surface area contributed by atoms with Crippen LogP contribution in [0, 0.1) is 17.8 Å². The highest BCUT2D eigenvalue weighted by Crippen LogP contribution is 2.66. The van der Waals surface area contributed by atoms with Crippen molar-refractivity contribution < 1.29 is 29.0 Å². The summed E-state index contributed by atoms with van der Waals surface area (Å²) in [5.41, 5.74) is 3.44. The highest BCUT2D eigenvalue weighted by atomic mass is 16.6. The number of hydrogen-bond donors (Lipinski definition) is 2. The Labute approximate surface area is 366 Å². The van der Waals surface area contributed by atoms with Crippen LogP contribution >= 0.6 is 0 Å². The Hall–Kier alpha value is -6.81. The molecule has 0 saturated carbocycles. The van der Waals surface area contributed by atoms with Gasteiger partial charge in [-0.3, -0.25) is 19.3 Å². The average Bonchev–Trinajstić information content (AvgIpc) is 3.82. The van der Waals surface area contributed by atoms with Crippen LogP contribution in [0.1, 0.15) is 71.7 Å². The maximum absolute atomic E-state index is 16.0. The lowest BCUT2D eigenvalue weighted by Gasteiger charge is -2.46. The Balaban J connectivity index is 1.21. The molecule has 0 radical (unpaired) electrons. The standard InChI is InChI=1S/C51H48N6O6/c58-31-32-62-41-20-11-10-19-38(41)46-51(39-33-35(23-24-40(39)54-49(51)61)22-21-34-13-4-1-5-14-34)42(47(59)55-27-29-56(30-28-55)50-52-25-12-26-53-50)44-48(60)63-45(37-17-8-3-9-18-37)43(57(44)46)36-15-6-2-7-16-36/h2-3,6-13,15-20,23-26,33,42-46,58H,1,4-5,14,27-32H2,(H,54,61)/t42-,43-,44-,45+,46+,51-/m0/s1. The lowest BCUT2D eigenvalue weighted by atomic mass is 9.64. The lowest BCUT2D eigenvalue weighted by molar-refractivity contribution is -0.179. The largest absolute Gasteiger partial charge is 0.491 e. The van der Waals surface area contributed by atoms with Gasteiger partial charge in [0.15, 0.2) is 0 Å². The number of hydrogen-bond acceptors (Lipinski definition) is 10. The Bertz CT molecular complexity index is 2610. The van der Waals surface area contributed by atoms with Crippen LogP contribution < -0.4 is 15.0 Å². The number of carbonyl (C=O) groups is 3. The van der Waals surface area contributed by atoms with Gasteiger partial charge in [0.25, 0.3) is 0 Å². The lowest BCUT2D eigenvalue weighted by Crippen LogP contribution is -2.58. The number of anilines is 2. The van der Waals surface area contributed by atoms with Crippen molar-refractivity contribution in [1.82, 2.24) is 19.8 Å². The minimum Gasteiger partial charge on any atom is -0.491 e. The number of aliphatic hydroxyl groups excluding tert-OH is 1. The van der Waals surface area contributed by atoms with Gasteiger partial charge in [0.05, 0.1) is 24.6 Å². The van der Waals surface area contributed by atoms with Crippen LogP contribution in [0.4, 0.5) is 11.6 Å². The molecular formula is C51H48N6O6. The topological polar surface area (TPSA) is 137 Å². The molecule has 3 fully saturated rings. The number of esters is 1. The molecule has 6 atom stereocenters. The van der Waals surface area contributed by atoms with Gasteiger partial charge in [0, 0.05) is 55.4 Å². The molecule has 1 spiro atoms. The summed E-state index contributed by atoms with van der Waals surface area (Å²) in [6.07, 6.45) is 8.91. The second-order valence-electron chi connectivity index (χ2n) is 16.7. The number of aliphatic hydroxyl groups is 1. The Kier molecular flexibility index (Phi) is 11.0. The molecule has 4 aromatic carbocycles. The molecule has 5 heterocycles. The summed E-state index contributed by atoms with van der Waals surface area (Å²) < 4.78 is 12.9. The number of rotatable bonds is 8. The van der Waals surface area contributed by atoms with E-state index in [-0.39, 0.29) is 19.1 Å². The van der Waals surface area contributed by atoms with Crippen molar-refractivity contribution >= 4 is 29.4 Å². The van der Waals surface area contributed by atoms with E-state index in [1.165, 1.54) is 0 Å². The van der Waals surface area contributed by atoms with Crippen molar-refractivity contribution in [3.8, 4) is 17.6 Å². The Morgan fingerprint density at radius 1 is 0.841 bits per heavy atom. The first-order valence-corrected chi connectivity index (χ1v) is 21.9. The van der Waals surface area contributed by atoms with Crippen LogP contribution in [0.25, 0.3) is 0 Å². The van der Waals surface area contributed by atoms with Gasteiger partial charge in [-0.15, -0.1) is 0 Å². The quantitative estimate of drug-likeness (QED) is 0.135. The predicted octanol–water partition coefficient (Wildman–Crippen LogP) is 6.32. The van der Waals surface area contributed by atoms with Crippen molar-refractivity contribution in [2.75, 3.05) is 49.6 Å². The van der Waals surface area contributed by atoms with Crippen molar-refractivity contribution in [1.29, 1.82) is 0 Å². The smallest absolute Gasteiger partial charge is 0.324 e. The molecule has 12 heteroatoms. The number of fused-ring (bicyclic) bond motifs is 3. The zero-order valence-electron chi connectivity index (χ0n) is 34.8. The monoisotopic (exact) mass is 840 g/mol. The number of aromatic nitrogens is 2. The summed E-state index contributed by atoms with van der Waals surface area (Å²) >= 11 is 0. The molecule has 2 amide bonds. The number of piperazine rings is 1. The summed E-state index contributed by atoms with van der Waals surface area (Å²) in [5.74, 6) is 5.21. The summed E-state index contributed by atoms with van der Waals surface area (Å²) in [4.78, 5) is 61.8. The fraction of sp³-hybridized carbons (Fsp3) is 0.314. The summed E-state index contributed by atoms with van der Waals surface area (Å²) in [6.45, 7) is 1.29. The Morgan fingerprint density at radius 2 is 1.57 bits per heavy atom. The number of nitrogens with zero attached hydrogens (tertiary/aromatic N) is 5. The third-order valence-electron chi connectivity index (χ3n) is 13.2. The van der Waals surface area contributed by atoms with Crippen LogP contribution in [-0.2, 0) is 24.5 Å². The number of morpholine rings is 1. The molecule has 10 rings (SSSR count). The predicted molar refractivity (Wildman–Crippen MR) is 236 cm³/mol. The van der Waals surface area contributed by atoms with Crippen LogP contribution in [0.3, 0.4) is 0 Å². The first-order chi connectivity index (χ1) is 31.0. The fourth-order valence-corrected chi connectivity index (χ4v) is 10.5. The van der Waals surface area contributed by atoms with Crippen LogP contribution in [0.2, 0.25) is 0 Å². The third kappa shape index (κ3) is 7.11. The van der Waals surface area contributed by atoms with Crippen LogP contribution in [-0.4, -0.2) is 88.1 Å².